The van der Waals surface area contributed by atoms with Gasteiger partial charge in [-0.2, -0.15) is 0 Å². The summed E-state index contributed by atoms with van der Waals surface area (Å²) in [5, 5.41) is 3.00. The van der Waals surface area contributed by atoms with Gasteiger partial charge in [-0.15, -0.1) is 6.58 Å². The van der Waals surface area contributed by atoms with E-state index >= 15 is 0 Å². The SMILES string of the molecule is C=CCc1ccccc1OCCn1c(CCNC(=O)c2cccc(Br)c2)nc2ccccc21. The number of ether oxygens (including phenoxy) is 1. The minimum atomic E-state index is -0.0962. The highest BCUT2D eigenvalue weighted by Crippen LogP contribution is 2.20. The van der Waals surface area contributed by atoms with E-state index in [9.17, 15) is 4.79 Å². The summed E-state index contributed by atoms with van der Waals surface area (Å²) in [5.41, 5.74) is 3.76. The summed E-state index contributed by atoms with van der Waals surface area (Å²) in [5.74, 6) is 1.71. The van der Waals surface area contributed by atoms with Crippen LogP contribution < -0.4 is 10.1 Å². The molecule has 4 rings (SSSR count). The molecule has 0 saturated carbocycles. The number of rotatable bonds is 10. The number of amides is 1. The van der Waals surface area contributed by atoms with Gasteiger partial charge in [-0.25, -0.2) is 4.98 Å². The van der Waals surface area contributed by atoms with Gasteiger partial charge in [0.1, 0.15) is 18.2 Å². The second kappa shape index (κ2) is 11.0. The summed E-state index contributed by atoms with van der Waals surface area (Å²) in [6, 6.07) is 23.5. The number of carbonyl (C=O) groups excluding carboxylic acids is 1. The number of hydrogen-bond donors (Lipinski definition) is 1. The number of nitrogens with zero attached hydrogens (tertiary/aromatic N) is 2. The summed E-state index contributed by atoms with van der Waals surface area (Å²) in [7, 11) is 0. The first kappa shape index (κ1) is 22.8. The maximum Gasteiger partial charge on any atom is 0.251 e. The Morgan fingerprint density at radius 3 is 2.76 bits per heavy atom. The first-order valence-electron chi connectivity index (χ1n) is 10.9. The van der Waals surface area contributed by atoms with E-state index < -0.39 is 0 Å². The Balaban J connectivity index is 1.43. The lowest BCUT2D eigenvalue weighted by Gasteiger charge is -2.13. The lowest BCUT2D eigenvalue weighted by Crippen LogP contribution is -2.26. The average Bonchev–Trinajstić information content (AvgIpc) is 3.17. The summed E-state index contributed by atoms with van der Waals surface area (Å²) in [6.07, 6.45) is 3.28. The van der Waals surface area contributed by atoms with Crippen LogP contribution >= 0.6 is 15.9 Å². The normalized spacial score (nSPS) is 10.8. The molecule has 0 unspecified atom stereocenters. The third-order valence-corrected chi connectivity index (χ3v) is 5.86. The van der Waals surface area contributed by atoms with E-state index in [4.69, 9.17) is 9.72 Å². The van der Waals surface area contributed by atoms with Crippen molar-refractivity contribution in [2.75, 3.05) is 13.2 Å². The number of hydrogen-bond acceptors (Lipinski definition) is 3. The van der Waals surface area contributed by atoms with Gasteiger partial charge in [0.2, 0.25) is 0 Å². The van der Waals surface area contributed by atoms with Crippen molar-refractivity contribution in [1.29, 1.82) is 0 Å². The molecule has 0 aliphatic carbocycles. The largest absolute Gasteiger partial charge is 0.491 e. The number of imidazole rings is 1. The van der Waals surface area contributed by atoms with Crippen LogP contribution in [0, 0.1) is 0 Å². The zero-order chi connectivity index (χ0) is 23.0. The van der Waals surface area contributed by atoms with Gasteiger partial charge in [-0.3, -0.25) is 4.79 Å². The Labute approximate surface area is 202 Å². The standard InChI is InChI=1S/C27H26BrN3O2/c1-2-8-20-9-3-6-14-25(20)33-18-17-31-24-13-5-4-12-23(24)30-26(31)15-16-29-27(32)21-10-7-11-22(28)19-21/h2-7,9-14,19H,1,8,15-18H2,(H,29,32). The van der Waals surface area contributed by atoms with E-state index in [2.05, 4.69) is 44.5 Å². The molecular weight excluding hydrogens is 478 g/mol. The number of allylic oxidation sites excluding steroid dienone is 1. The van der Waals surface area contributed by atoms with E-state index in [0.717, 1.165) is 39.1 Å². The Kier molecular flexibility index (Phi) is 7.58. The first-order valence-corrected chi connectivity index (χ1v) is 11.7. The van der Waals surface area contributed by atoms with Gasteiger partial charge in [0, 0.05) is 23.0 Å². The quantitative estimate of drug-likeness (QED) is 0.287. The van der Waals surface area contributed by atoms with Crippen LogP contribution in [0.4, 0.5) is 0 Å². The second-order valence-corrected chi connectivity index (χ2v) is 8.55. The molecule has 6 heteroatoms. The van der Waals surface area contributed by atoms with E-state index in [1.807, 2.05) is 60.7 Å². The third kappa shape index (κ3) is 5.71. The number of benzene rings is 3. The monoisotopic (exact) mass is 503 g/mol. The van der Waals surface area contributed by atoms with E-state index in [1.165, 1.54) is 0 Å². The van der Waals surface area contributed by atoms with Crippen molar-refractivity contribution < 1.29 is 9.53 Å². The summed E-state index contributed by atoms with van der Waals surface area (Å²) in [4.78, 5) is 17.3. The molecule has 0 atom stereocenters. The Hall–Kier alpha value is -3.38. The summed E-state index contributed by atoms with van der Waals surface area (Å²) in [6.45, 7) is 5.51. The van der Waals surface area contributed by atoms with Crippen LogP contribution in [0.15, 0.2) is 89.9 Å². The van der Waals surface area contributed by atoms with Crippen LogP contribution in [0.2, 0.25) is 0 Å². The second-order valence-electron chi connectivity index (χ2n) is 7.63. The molecule has 0 spiro atoms. The molecule has 4 aromatic rings. The van der Waals surface area contributed by atoms with Crippen LogP contribution in [0.25, 0.3) is 11.0 Å². The maximum absolute atomic E-state index is 12.5. The first-order chi connectivity index (χ1) is 16.2. The van der Waals surface area contributed by atoms with Crippen LogP contribution in [0.5, 0.6) is 5.75 Å². The fourth-order valence-corrected chi connectivity index (χ4v) is 4.20. The Bertz CT molecular complexity index is 1270. The van der Waals surface area contributed by atoms with Crippen molar-refractivity contribution in [2.24, 2.45) is 0 Å². The minimum Gasteiger partial charge on any atom is -0.491 e. The van der Waals surface area contributed by atoms with Gasteiger partial charge in [0.15, 0.2) is 0 Å². The van der Waals surface area contributed by atoms with Crippen molar-refractivity contribution in [3.8, 4) is 5.75 Å². The number of fused-ring (bicyclic) bond motifs is 1. The molecule has 33 heavy (non-hydrogen) atoms. The zero-order valence-corrected chi connectivity index (χ0v) is 19.9. The number of aromatic nitrogens is 2. The van der Waals surface area contributed by atoms with Gasteiger partial charge in [0.25, 0.3) is 5.91 Å². The Morgan fingerprint density at radius 2 is 1.91 bits per heavy atom. The highest BCUT2D eigenvalue weighted by molar-refractivity contribution is 9.10. The molecule has 168 valence electrons. The maximum atomic E-state index is 12.5. The van der Waals surface area contributed by atoms with E-state index in [1.54, 1.807) is 6.07 Å². The molecule has 0 bridgehead atoms. The molecule has 0 aliphatic rings. The smallest absolute Gasteiger partial charge is 0.251 e. The highest BCUT2D eigenvalue weighted by Gasteiger charge is 2.12. The number of carbonyl (C=O) groups is 1. The van der Waals surface area contributed by atoms with E-state index in [0.29, 0.717) is 31.7 Å². The van der Waals surface area contributed by atoms with Gasteiger partial charge >= 0.3 is 0 Å². The molecule has 0 radical (unpaired) electrons. The Morgan fingerprint density at radius 1 is 1.09 bits per heavy atom. The predicted octanol–water partition coefficient (Wildman–Crippen LogP) is 5.58. The average molecular weight is 504 g/mol. The van der Waals surface area contributed by atoms with E-state index in [-0.39, 0.29) is 5.91 Å². The predicted molar refractivity (Wildman–Crippen MR) is 136 cm³/mol. The molecule has 0 aliphatic heterocycles. The van der Waals surface area contributed by atoms with Crippen molar-refractivity contribution in [1.82, 2.24) is 14.9 Å². The van der Waals surface area contributed by atoms with Gasteiger partial charge in [-0.1, -0.05) is 58.4 Å². The molecule has 1 heterocycles. The molecule has 1 N–H and O–H groups in total. The molecule has 0 fully saturated rings. The minimum absolute atomic E-state index is 0.0962. The van der Waals surface area contributed by atoms with Crippen LogP contribution in [-0.2, 0) is 19.4 Å². The molecule has 3 aromatic carbocycles. The summed E-state index contributed by atoms with van der Waals surface area (Å²) >= 11 is 3.41. The van der Waals surface area contributed by atoms with Crippen molar-refractivity contribution >= 4 is 32.9 Å². The van der Waals surface area contributed by atoms with Gasteiger partial charge in [0.05, 0.1) is 17.6 Å². The van der Waals surface area contributed by atoms with Crippen molar-refractivity contribution in [3.05, 3.63) is 107 Å². The van der Waals surface area contributed by atoms with Crippen LogP contribution in [0.3, 0.4) is 0 Å². The molecule has 5 nitrogen and oxygen atoms in total. The third-order valence-electron chi connectivity index (χ3n) is 5.36. The molecular formula is C27H26BrN3O2. The molecule has 0 saturated heterocycles. The van der Waals surface area contributed by atoms with Crippen LogP contribution in [0.1, 0.15) is 21.7 Å². The number of nitrogens with one attached hydrogen (secondary N) is 1. The van der Waals surface area contributed by atoms with Gasteiger partial charge in [-0.05, 0) is 48.4 Å². The highest BCUT2D eigenvalue weighted by atomic mass is 79.9. The van der Waals surface area contributed by atoms with Crippen molar-refractivity contribution in [3.63, 3.8) is 0 Å². The summed E-state index contributed by atoms with van der Waals surface area (Å²) < 4.78 is 9.17. The van der Waals surface area contributed by atoms with Gasteiger partial charge < -0.3 is 14.6 Å². The fraction of sp³-hybridized carbons (Fsp3) is 0.185. The molecule has 1 amide bonds. The van der Waals surface area contributed by atoms with Crippen LogP contribution in [-0.4, -0.2) is 28.6 Å². The number of halogens is 1. The zero-order valence-electron chi connectivity index (χ0n) is 18.3. The fourth-order valence-electron chi connectivity index (χ4n) is 3.80. The lowest BCUT2D eigenvalue weighted by molar-refractivity contribution is 0.0954. The molecule has 1 aromatic heterocycles. The number of para-hydroxylation sites is 3. The topological polar surface area (TPSA) is 56.1 Å². The van der Waals surface area contributed by atoms with Crippen molar-refractivity contribution in [2.45, 2.75) is 19.4 Å². The lowest BCUT2D eigenvalue weighted by atomic mass is 10.1.